The molecule has 8 heteroatoms. The van der Waals surface area contributed by atoms with Gasteiger partial charge in [-0.15, -0.1) is 5.10 Å². The molecule has 1 aromatic heterocycles. The van der Waals surface area contributed by atoms with Crippen LogP contribution in [0.3, 0.4) is 0 Å². The van der Waals surface area contributed by atoms with Gasteiger partial charge in [-0.2, -0.15) is 0 Å². The minimum atomic E-state index is -0.451. The smallest absolute Gasteiger partial charge is 0.275 e. The maximum absolute atomic E-state index is 11.0. The number of aryl methyl sites for hydroxylation is 1. The number of nitrogens with two attached hydrogens (primary N) is 1. The molecule has 2 N–H and O–H groups in total. The van der Waals surface area contributed by atoms with Gasteiger partial charge in [-0.3, -0.25) is 10.1 Å². The summed E-state index contributed by atoms with van der Waals surface area (Å²) in [5.41, 5.74) is 6.78. The topological polar surface area (TPSA) is 99.9 Å². The summed E-state index contributed by atoms with van der Waals surface area (Å²) >= 11 is 5.77. The Kier molecular flexibility index (Phi) is 4.65. The summed E-state index contributed by atoms with van der Waals surface area (Å²) in [5.74, 6) is 0. The Morgan fingerprint density at radius 3 is 2.95 bits per heavy atom. The largest absolute Gasteiger partial charge is 0.330 e. The van der Waals surface area contributed by atoms with E-state index in [9.17, 15) is 10.1 Å². The molecule has 2 aromatic rings. The number of nitro benzene ring substituents is 1. The molecule has 0 radical (unpaired) electrons. The first-order chi connectivity index (χ1) is 9.60. The van der Waals surface area contributed by atoms with Gasteiger partial charge in [0.1, 0.15) is 0 Å². The Bertz CT molecular complexity index is 614. The number of nitrogens with zero attached hydrogens (tertiary/aromatic N) is 4. The summed E-state index contributed by atoms with van der Waals surface area (Å²) in [4.78, 5) is 10.5. The van der Waals surface area contributed by atoms with Crippen molar-refractivity contribution >= 4 is 17.3 Å². The van der Waals surface area contributed by atoms with Crippen molar-refractivity contribution in [3.8, 4) is 0 Å². The van der Waals surface area contributed by atoms with Crippen LogP contribution in [0.25, 0.3) is 0 Å². The number of halogens is 1. The molecule has 0 spiro atoms. The van der Waals surface area contributed by atoms with Gasteiger partial charge >= 0.3 is 0 Å². The van der Waals surface area contributed by atoms with E-state index in [1.807, 2.05) is 0 Å². The van der Waals surface area contributed by atoms with E-state index in [1.54, 1.807) is 23.0 Å². The molecule has 0 unspecified atom stereocenters. The molecule has 0 amide bonds. The molecular formula is C12H14ClN5O2. The molecule has 106 valence electrons. The fourth-order valence-electron chi connectivity index (χ4n) is 1.83. The maximum atomic E-state index is 11.0. The van der Waals surface area contributed by atoms with Crippen LogP contribution < -0.4 is 5.73 Å². The highest BCUT2D eigenvalue weighted by Gasteiger charge is 2.15. The standard InChI is InChI=1S/C12H14ClN5O2/c13-10-4-3-9(12(6-10)18(19)20)7-17-8-11(15-16-17)2-1-5-14/h3-4,6,8H,1-2,5,7,14H2. The van der Waals surface area contributed by atoms with Gasteiger partial charge in [0.2, 0.25) is 0 Å². The van der Waals surface area contributed by atoms with Crippen molar-refractivity contribution < 1.29 is 4.92 Å². The zero-order valence-corrected chi connectivity index (χ0v) is 11.5. The third kappa shape index (κ3) is 3.52. The van der Waals surface area contributed by atoms with E-state index in [2.05, 4.69) is 10.3 Å². The van der Waals surface area contributed by atoms with Gasteiger partial charge in [0.15, 0.2) is 0 Å². The van der Waals surface area contributed by atoms with Crippen LogP contribution in [0.4, 0.5) is 5.69 Å². The number of benzene rings is 1. The molecule has 2 rings (SSSR count). The van der Waals surface area contributed by atoms with Gasteiger partial charge in [0.25, 0.3) is 5.69 Å². The van der Waals surface area contributed by atoms with Gasteiger partial charge in [-0.1, -0.05) is 16.8 Å². The van der Waals surface area contributed by atoms with Crippen molar-refractivity contribution in [1.29, 1.82) is 0 Å². The lowest BCUT2D eigenvalue weighted by molar-refractivity contribution is -0.385. The fourth-order valence-corrected chi connectivity index (χ4v) is 2.00. The predicted molar refractivity (Wildman–Crippen MR) is 74.6 cm³/mol. The average molecular weight is 296 g/mol. The molecule has 0 aliphatic rings. The van der Waals surface area contributed by atoms with Crippen LogP contribution in [0.5, 0.6) is 0 Å². The first kappa shape index (κ1) is 14.4. The molecule has 1 heterocycles. The van der Waals surface area contributed by atoms with Crippen molar-refractivity contribution in [3.63, 3.8) is 0 Å². The highest BCUT2D eigenvalue weighted by atomic mass is 35.5. The lowest BCUT2D eigenvalue weighted by atomic mass is 10.2. The summed E-state index contributed by atoms with van der Waals surface area (Å²) in [6.07, 6.45) is 3.35. The number of hydrogen-bond acceptors (Lipinski definition) is 5. The molecule has 0 bridgehead atoms. The van der Waals surface area contributed by atoms with Gasteiger partial charge in [0, 0.05) is 17.3 Å². The second-order valence-corrected chi connectivity index (χ2v) is 4.77. The van der Waals surface area contributed by atoms with E-state index < -0.39 is 4.92 Å². The van der Waals surface area contributed by atoms with Crippen LogP contribution in [0.2, 0.25) is 5.02 Å². The van der Waals surface area contributed by atoms with Crippen LogP contribution in [0.1, 0.15) is 17.7 Å². The van der Waals surface area contributed by atoms with Crippen molar-refractivity contribution in [3.05, 3.63) is 50.8 Å². The summed E-state index contributed by atoms with van der Waals surface area (Å²) in [7, 11) is 0. The summed E-state index contributed by atoms with van der Waals surface area (Å²) < 4.78 is 1.57. The van der Waals surface area contributed by atoms with E-state index in [-0.39, 0.29) is 12.2 Å². The number of aromatic nitrogens is 3. The van der Waals surface area contributed by atoms with Crippen LogP contribution >= 0.6 is 11.6 Å². The minimum absolute atomic E-state index is 0.0171. The van der Waals surface area contributed by atoms with E-state index in [0.29, 0.717) is 17.1 Å². The zero-order chi connectivity index (χ0) is 14.5. The Morgan fingerprint density at radius 1 is 1.45 bits per heavy atom. The monoisotopic (exact) mass is 295 g/mol. The minimum Gasteiger partial charge on any atom is -0.330 e. The highest BCUT2D eigenvalue weighted by molar-refractivity contribution is 6.30. The molecule has 20 heavy (non-hydrogen) atoms. The van der Waals surface area contributed by atoms with Gasteiger partial charge < -0.3 is 5.73 Å². The SMILES string of the molecule is NCCCc1cn(Cc2ccc(Cl)cc2[N+](=O)[O-])nn1. The highest BCUT2D eigenvalue weighted by Crippen LogP contribution is 2.23. The first-order valence-electron chi connectivity index (χ1n) is 6.12. The van der Waals surface area contributed by atoms with Gasteiger partial charge in [-0.25, -0.2) is 4.68 Å². The lowest BCUT2D eigenvalue weighted by Gasteiger charge is -2.03. The van der Waals surface area contributed by atoms with Crippen LogP contribution in [0.15, 0.2) is 24.4 Å². The summed E-state index contributed by atoms with van der Waals surface area (Å²) in [6, 6.07) is 4.58. The van der Waals surface area contributed by atoms with E-state index in [0.717, 1.165) is 18.5 Å². The molecular weight excluding hydrogens is 282 g/mol. The molecule has 1 aromatic carbocycles. The predicted octanol–water partition coefficient (Wildman–Crippen LogP) is 1.78. The van der Waals surface area contributed by atoms with Gasteiger partial charge in [-0.05, 0) is 31.5 Å². The van der Waals surface area contributed by atoms with Crippen LogP contribution in [0, 0.1) is 10.1 Å². The number of nitro groups is 1. The second-order valence-electron chi connectivity index (χ2n) is 4.33. The molecule has 7 nitrogen and oxygen atoms in total. The van der Waals surface area contributed by atoms with Crippen molar-refractivity contribution in [2.75, 3.05) is 6.54 Å². The van der Waals surface area contributed by atoms with Crippen LogP contribution in [-0.2, 0) is 13.0 Å². The molecule has 0 fully saturated rings. The first-order valence-corrected chi connectivity index (χ1v) is 6.50. The quantitative estimate of drug-likeness (QED) is 0.647. The third-order valence-corrected chi connectivity index (χ3v) is 3.03. The van der Waals surface area contributed by atoms with Crippen molar-refractivity contribution in [2.24, 2.45) is 5.73 Å². The Balaban J connectivity index is 2.17. The zero-order valence-electron chi connectivity index (χ0n) is 10.7. The number of rotatable bonds is 6. The second kappa shape index (κ2) is 6.44. The van der Waals surface area contributed by atoms with Crippen molar-refractivity contribution in [1.82, 2.24) is 15.0 Å². The molecule has 0 saturated carbocycles. The van der Waals surface area contributed by atoms with E-state index >= 15 is 0 Å². The lowest BCUT2D eigenvalue weighted by Crippen LogP contribution is -2.04. The van der Waals surface area contributed by atoms with Crippen molar-refractivity contribution in [2.45, 2.75) is 19.4 Å². The Morgan fingerprint density at radius 2 is 2.25 bits per heavy atom. The summed E-state index contributed by atoms with van der Waals surface area (Å²) in [5, 5.41) is 19.3. The molecule has 0 saturated heterocycles. The number of hydrogen-bond donors (Lipinski definition) is 1. The Labute approximate surface area is 120 Å². The molecule has 0 aliphatic heterocycles. The Hall–Kier alpha value is -1.99. The normalized spacial score (nSPS) is 10.7. The van der Waals surface area contributed by atoms with E-state index in [4.69, 9.17) is 17.3 Å². The third-order valence-electron chi connectivity index (χ3n) is 2.80. The van der Waals surface area contributed by atoms with E-state index in [1.165, 1.54) is 6.07 Å². The van der Waals surface area contributed by atoms with Gasteiger partial charge in [0.05, 0.1) is 22.7 Å². The average Bonchev–Trinajstić information content (AvgIpc) is 2.86. The molecule has 0 aliphatic carbocycles. The molecule has 0 atom stereocenters. The fraction of sp³-hybridized carbons (Fsp3) is 0.333. The maximum Gasteiger partial charge on any atom is 0.275 e. The van der Waals surface area contributed by atoms with Crippen LogP contribution in [-0.4, -0.2) is 26.5 Å². The summed E-state index contributed by atoms with van der Waals surface area (Å²) in [6.45, 7) is 0.874.